The van der Waals surface area contributed by atoms with Gasteiger partial charge in [0.25, 0.3) is 0 Å². The second-order valence-electron chi connectivity index (χ2n) is 4.20. The molecule has 116 valence electrons. The molecule has 0 saturated carbocycles. The second kappa shape index (κ2) is 6.64. The third-order valence-corrected chi connectivity index (χ3v) is 4.66. The summed E-state index contributed by atoms with van der Waals surface area (Å²) >= 11 is 0. The molecule has 0 bridgehead atoms. The number of sulfonamides is 1. The highest BCUT2D eigenvalue weighted by atomic mass is 32.2. The van der Waals surface area contributed by atoms with Gasteiger partial charge in [-0.3, -0.25) is 4.79 Å². The van der Waals surface area contributed by atoms with Crippen LogP contribution in [0.15, 0.2) is 23.1 Å². The van der Waals surface area contributed by atoms with Gasteiger partial charge in [-0.05, 0) is 18.2 Å². The number of nitrogens with zero attached hydrogens (tertiary/aromatic N) is 1. The molecule has 1 amide bonds. The number of aromatic carboxylic acids is 1. The molecule has 0 heterocycles. The minimum absolute atomic E-state index is 0.0424. The molecule has 1 rings (SSSR count). The van der Waals surface area contributed by atoms with Crippen LogP contribution in [-0.2, 0) is 14.8 Å². The molecule has 0 radical (unpaired) electrons. The second-order valence-corrected chi connectivity index (χ2v) is 6.24. The number of carboxylic acids is 1. The summed E-state index contributed by atoms with van der Waals surface area (Å²) in [5.74, 6) is -2.91. The van der Waals surface area contributed by atoms with Gasteiger partial charge in [0.2, 0.25) is 15.9 Å². The summed E-state index contributed by atoms with van der Waals surface area (Å²) in [6.45, 7) is -0.0816. The van der Waals surface area contributed by atoms with E-state index in [1.54, 1.807) is 0 Å². The Kier molecular flexibility index (Phi) is 5.39. The van der Waals surface area contributed by atoms with E-state index in [0.717, 1.165) is 22.5 Å². The normalized spacial score (nSPS) is 11.4. The van der Waals surface area contributed by atoms with Crippen LogP contribution in [0.25, 0.3) is 0 Å². The molecule has 21 heavy (non-hydrogen) atoms. The Balaban J connectivity index is 3.05. The van der Waals surface area contributed by atoms with E-state index < -0.39 is 27.4 Å². The summed E-state index contributed by atoms with van der Waals surface area (Å²) in [5.41, 5.74) is -0.726. The van der Waals surface area contributed by atoms with Crippen LogP contribution in [0, 0.1) is 5.82 Å². The maximum Gasteiger partial charge on any atom is 0.338 e. The van der Waals surface area contributed by atoms with Gasteiger partial charge in [0.15, 0.2) is 0 Å². The molecular formula is C12H15FN2O5S. The first-order valence-corrected chi connectivity index (χ1v) is 7.34. The van der Waals surface area contributed by atoms with E-state index in [-0.39, 0.29) is 23.8 Å². The summed E-state index contributed by atoms with van der Waals surface area (Å²) in [7, 11) is -1.31. The molecule has 0 atom stereocenters. The summed E-state index contributed by atoms with van der Waals surface area (Å²) in [5, 5.41) is 11.2. The molecule has 0 fully saturated rings. The molecule has 0 aliphatic rings. The van der Waals surface area contributed by atoms with Crippen molar-refractivity contribution in [2.45, 2.75) is 11.3 Å². The highest BCUT2D eigenvalue weighted by molar-refractivity contribution is 7.89. The number of hydrogen-bond donors (Lipinski definition) is 2. The van der Waals surface area contributed by atoms with Crippen LogP contribution >= 0.6 is 0 Å². The van der Waals surface area contributed by atoms with E-state index in [1.165, 1.54) is 14.1 Å². The predicted octanol–water partition coefficient (Wildman–Crippen LogP) is 0.281. The number of halogens is 1. The first kappa shape index (κ1) is 17.1. The number of hydrogen-bond acceptors (Lipinski definition) is 4. The topological polar surface area (TPSA) is 104 Å². The zero-order valence-electron chi connectivity index (χ0n) is 11.5. The van der Waals surface area contributed by atoms with Crippen LogP contribution in [0.3, 0.4) is 0 Å². The summed E-state index contributed by atoms with van der Waals surface area (Å²) in [4.78, 5) is 21.6. The van der Waals surface area contributed by atoms with Gasteiger partial charge in [-0.15, -0.1) is 0 Å². The van der Waals surface area contributed by atoms with Crippen LogP contribution in [-0.4, -0.2) is 50.3 Å². The van der Waals surface area contributed by atoms with Gasteiger partial charge in [-0.1, -0.05) is 0 Å². The third-order valence-electron chi connectivity index (χ3n) is 2.81. The zero-order valence-corrected chi connectivity index (χ0v) is 12.3. The van der Waals surface area contributed by atoms with E-state index in [0.29, 0.717) is 0 Å². The number of carboxylic acid groups (broad SMARTS) is 1. The number of nitrogens with one attached hydrogen (secondary N) is 1. The predicted molar refractivity (Wildman–Crippen MR) is 71.9 cm³/mol. The monoisotopic (exact) mass is 318 g/mol. The molecule has 0 spiro atoms. The minimum Gasteiger partial charge on any atom is -0.478 e. The lowest BCUT2D eigenvalue weighted by molar-refractivity contribution is -0.120. The van der Waals surface area contributed by atoms with Crippen molar-refractivity contribution in [1.82, 2.24) is 9.62 Å². The summed E-state index contributed by atoms with van der Waals surface area (Å²) in [6, 6.07) is 2.51. The van der Waals surface area contributed by atoms with Crippen LogP contribution in [0.5, 0.6) is 0 Å². The Bertz CT molecular complexity index is 660. The molecular weight excluding hydrogens is 303 g/mol. The Hall–Kier alpha value is -2.00. The molecule has 1 aromatic carbocycles. The van der Waals surface area contributed by atoms with Crippen molar-refractivity contribution in [2.24, 2.45) is 0 Å². The van der Waals surface area contributed by atoms with E-state index in [9.17, 15) is 22.4 Å². The largest absolute Gasteiger partial charge is 0.478 e. The van der Waals surface area contributed by atoms with E-state index in [2.05, 4.69) is 5.32 Å². The van der Waals surface area contributed by atoms with Crippen molar-refractivity contribution < 1.29 is 27.5 Å². The van der Waals surface area contributed by atoms with Crippen LogP contribution in [0.1, 0.15) is 16.8 Å². The van der Waals surface area contributed by atoms with Gasteiger partial charge in [0.05, 0.1) is 10.5 Å². The SMILES string of the molecule is CNC(=O)CCN(C)S(=O)(=O)c1ccc(F)c(C(=O)O)c1. The maximum absolute atomic E-state index is 13.3. The van der Waals surface area contributed by atoms with Crippen molar-refractivity contribution in [3.8, 4) is 0 Å². The lowest BCUT2D eigenvalue weighted by atomic mass is 10.2. The van der Waals surface area contributed by atoms with E-state index in [1.807, 2.05) is 0 Å². The Morgan fingerprint density at radius 1 is 1.38 bits per heavy atom. The summed E-state index contributed by atoms with van der Waals surface area (Å²) in [6.07, 6.45) is -0.0424. The van der Waals surface area contributed by atoms with Gasteiger partial charge >= 0.3 is 5.97 Å². The number of benzene rings is 1. The lowest BCUT2D eigenvalue weighted by Gasteiger charge is -2.17. The lowest BCUT2D eigenvalue weighted by Crippen LogP contribution is -2.31. The Labute approximate surface area is 121 Å². The molecule has 0 aromatic heterocycles. The number of carbonyl (C=O) groups is 2. The maximum atomic E-state index is 13.3. The van der Waals surface area contributed by atoms with Gasteiger partial charge in [0.1, 0.15) is 5.82 Å². The zero-order chi connectivity index (χ0) is 16.2. The molecule has 9 heteroatoms. The van der Waals surface area contributed by atoms with E-state index >= 15 is 0 Å². The van der Waals surface area contributed by atoms with Gasteiger partial charge in [-0.25, -0.2) is 21.9 Å². The smallest absolute Gasteiger partial charge is 0.338 e. The average molecular weight is 318 g/mol. The molecule has 0 unspecified atom stereocenters. The standard InChI is InChI=1S/C12H15FN2O5S/c1-14-11(16)5-6-15(2)21(19,20)8-3-4-10(13)9(7-8)12(17)18/h3-4,7H,5-6H2,1-2H3,(H,14,16)(H,17,18). The van der Waals surface area contributed by atoms with Crippen molar-refractivity contribution in [3.05, 3.63) is 29.6 Å². The van der Waals surface area contributed by atoms with Crippen molar-refractivity contribution >= 4 is 21.9 Å². The van der Waals surface area contributed by atoms with Crippen molar-refractivity contribution in [3.63, 3.8) is 0 Å². The molecule has 0 saturated heterocycles. The van der Waals surface area contributed by atoms with Crippen LogP contribution in [0.4, 0.5) is 4.39 Å². The molecule has 0 aliphatic heterocycles. The fourth-order valence-corrected chi connectivity index (χ4v) is 2.71. The quantitative estimate of drug-likeness (QED) is 0.784. The fraction of sp³-hybridized carbons (Fsp3) is 0.333. The Morgan fingerprint density at radius 2 is 2.00 bits per heavy atom. The number of carbonyl (C=O) groups excluding carboxylic acids is 1. The minimum atomic E-state index is -3.99. The van der Waals surface area contributed by atoms with Crippen molar-refractivity contribution in [1.29, 1.82) is 0 Å². The first-order valence-electron chi connectivity index (χ1n) is 5.90. The Morgan fingerprint density at radius 3 is 2.52 bits per heavy atom. The van der Waals surface area contributed by atoms with Gasteiger partial charge < -0.3 is 10.4 Å². The molecule has 2 N–H and O–H groups in total. The first-order chi connectivity index (χ1) is 9.70. The van der Waals surface area contributed by atoms with Crippen LogP contribution in [0.2, 0.25) is 0 Å². The van der Waals surface area contributed by atoms with Crippen LogP contribution < -0.4 is 5.32 Å². The fourth-order valence-electron chi connectivity index (χ4n) is 1.51. The van der Waals surface area contributed by atoms with E-state index in [4.69, 9.17) is 5.11 Å². The van der Waals surface area contributed by atoms with Gasteiger partial charge in [0, 0.05) is 27.1 Å². The van der Waals surface area contributed by atoms with Crippen molar-refractivity contribution in [2.75, 3.05) is 20.6 Å². The highest BCUT2D eigenvalue weighted by Gasteiger charge is 2.23. The number of amides is 1. The molecule has 1 aromatic rings. The van der Waals surface area contributed by atoms with Gasteiger partial charge in [-0.2, -0.15) is 0 Å². The third kappa shape index (κ3) is 3.99. The molecule has 0 aliphatic carbocycles. The summed E-state index contributed by atoms with van der Waals surface area (Å²) < 4.78 is 38.6. The highest BCUT2D eigenvalue weighted by Crippen LogP contribution is 2.18. The molecule has 7 nitrogen and oxygen atoms in total. The number of rotatable bonds is 6. The average Bonchev–Trinajstić information content (AvgIpc) is 2.43.